The van der Waals surface area contributed by atoms with Gasteiger partial charge in [0.05, 0.1) is 23.6 Å². The Morgan fingerprint density at radius 2 is 1.97 bits per heavy atom. The van der Waals surface area contributed by atoms with E-state index in [0.29, 0.717) is 47.5 Å². The molecule has 1 aliphatic rings. The van der Waals surface area contributed by atoms with Gasteiger partial charge in [-0.05, 0) is 57.4 Å². The number of carbonyl (C=O) groups excluding carboxylic acids is 1. The van der Waals surface area contributed by atoms with E-state index in [4.69, 9.17) is 15.2 Å². The van der Waals surface area contributed by atoms with Crippen molar-refractivity contribution in [1.29, 1.82) is 0 Å². The summed E-state index contributed by atoms with van der Waals surface area (Å²) < 4.78 is 5.60. The van der Waals surface area contributed by atoms with Crippen LogP contribution >= 0.6 is 0 Å². The quantitative estimate of drug-likeness (QED) is 0.268. The zero-order chi connectivity index (χ0) is 25.3. The van der Waals surface area contributed by atoms with Crippen molar-refractivity contribution in [3.8, 4) is 11.3 Å². The maximum Gasteiger partial charge on any atom is 0.227 e. The van der Waals surface area contributed by atoms with E-state index >= 15 is 0 Å². The number of unbranched alkanes of at least 4 members (excludes halogenated alkanes) is 2. The number of aromatic nitrogens is 3. The first-order valence-corrected chi connectivity index (χ1v) is 12.9. The second-order valence-corrected chi connectivity index (χ2v) is 9.41. The molecule has 0 aliphatic heterocycles. The van der Waals surface area contributed by atoms with Crippen LogP contribution in [0.1, 0.15) is 80.7 Å². The van der Waals surface area contributed by atoms with Crippen molar-refractivity contribution < 1.29 is 14.4 Å². The summed E-state index contributed by atoms with van der Waals surface area (Å²) in [4.78, 5) is 21.4. The first-order chi connectivity index (χ1) is 17.6. The van der Waals surface area contributed by atoms with Crippen molar-refractivity contribution in [3.63, 3.8) is 0 Å². The number of nitrogens with two attached hydrogens (primary N) is 1. The van der Waals surface area contributed by atoms with Gasteiger partial charge in [-0.2, -0.15) is 0 Å². The minimum absolute atomic E-state index is 0.0202. The van der Waals surface area contributed by atoms with E-state index in [2.05, 4.69) is 20.8 Å². The monoisotopic (exact) mass is 492 g/mol. The molecule has 3 aromatic rings. The molecular formula is C27H36N6O3. The van der Waals surface area contributed by atoms with Crippen molar-refractivity contribution in [2.24, 2.45) is 5.73 Å². The molecule has 2 heterocycles. The van der Waals surface area contributed by atoms with Crippen molar-refractivity contribution in [2.45, 2.75) is 77.2 Å². The summed E-state index contributed by atoms with van der Waals surface area (Å²) in [5.41, 5.74) is 9.99. The van der Waals surface area contributed by atoms with E-state index in [-0.39, 0.29) is 12.5 Å². The number of aliphatic hydroxyl groups excluding tert-OH is 1. The Balaban J connectivity index is 1.52. The van der Waals surface area contributed by atoms with Gasteiger partial charge in [-0.25, -0.2) is 9.97 Å². The summed E-state index contributed by atoms with van der Waals surface area (Å²) in [7, 11) is 0. The third-order valence-corrected chi connectivity index (χ3v) is 6.66. The standard InChI is InChI=1S/C27H36N6O3/c1-18-24(26(33-36-18)19-9-4-2-5-10-19)25-20(17-34)16-29-27(32-25)31-22-12-8-11-21(15-22)30-23(35)13-6-3-7-14-28/h8,11-12,15-16,19,34H,2-7,9-10,13-14,17,28H2,1H3,(H,30,35)(H,29,31,32). The number of hydrogen-bond donors (Lipinski definition) is 4. The molecule has 4 rings (SSSR count). The van der Waals surface area contributed by atoms with Gasteiger partial charge in [0.2, 0.25) is 11.9 Å². The Kier molecular flexibility index (Phi) is 9.02. The van der Waals surface area contributed by atoms with Gasteiger partial charge in [-0.1, -0.05) is 36.9 Å². The van der Waals surface area contributed by atoms with Crippen LogP contribution in [0.25, 0.3) is 11.3 Å². The highest BCUT2D eigenvalue weighted by Crippen LogP contribution is 2.39. The van der Waals surface area contributed by atoms with Gasteiger partial charge in [-0.15, -0.1) is 0 Å². The molecule has 36 heavy (non-hydrogen) atoms. The number of hydrogen-bond acceptors (Lipinski definition) is 8. The van der Waals surface area contributed by atoms with Crippen LogP contribution in [-0.2, 0) is 11.4 Å². The van der Waals surface area contributed by atoms with Crippen LogP contribution in [-0.4, -0.2) is 32.7 Å². The molecule has 1 aliphatic carbocycles. The van der Waals surface area contributed by atoms with Crippen LogP contribution in [0.15, 0.2) is 35.0 Å². The number of anilines is 3. The Bertz CT molecular complexity index is 1160. The molecule has 1 fully saturated rings. The largest absolute Gasteiger partial charge is 0.392 e. The first-order valence-electron chi connectivity index (χ1n) is 12.9. The lowest BCUT2D eigenvalue weighted by Crippen LogP contribution is -2.11. The number of carbonyl (C=O) groups is 1. The zero-order valence-corrected chi connectivity index (χ0v) is 20.9. The van der Waals surface area contributed by atoms with Gasteiger partial charge in [0, 0.05) is 35.5 Å². The lowest BCUT2D eigenvalue weighted by molar-refractivity contribution is -0.116. The van der Waals surface area contributed by atoms with E-state index in [1.165, 1.54) is 19.3 Å². The fourth-order valence-corrected chi connectivity index (χ4v) is 4.77. The maximum absolute atomic E-state index is 12.3. The maximum atomic E-state index is 12.3. The summed E-state index contributed by atoms with van der Waals surface area (Å²) in [5, 5.41) is 20.6. The third kappa shape index (κ3) is 6.47. The summed E-state index contributed by atoms with van der Waals surface area (Å²) in [6.45, 7) is 2.35. The van der Waals surface area contributed by atoms with Gasteiger partial charge in [0.1, 0.15) is 5.76 Å². The molecule has 0 unspecified atom stereocenters. The van der Waals surface area contributed by atoms with E-state index in [1.54, 1.807) is 6.20 Å². The van der Waals surface area contributed by atoms with Crippen LogP contribution in [0.4, 0.5) is 17.3 Å². The van der Waals surface area contributed by atoms with Crippen LogP contribution < -0.4 is 16.4 Å². The Morgan fingerprint density at radius 1 is 1.17 bits per heavy atom. The van der Waals surface area contributed by atoms with Crippen LogP contribution in [0.2, 0.25) is 0 Å². The molecular weight excluding hydrogens is 456 g/mol. The second-order valence-electron chi connectivity index (χ2n) is 9.41. The predicted molar refractivity (Wildman–Crippen MR) is 140 cm³/mol. The number of aryl methyl sites for hydroxylation is 1. The third-order valence-electron chi connectivity index (χ3n) is 6.66. The Labute approximate surface area is 211 Å². The van der Waals surface area contributed by atoms with Gasteiger partial charge < -0.3 is 26.0 Å². The highest BCUT2D eigenvalue weighted by molar-refractivity contribution is 5.91. The molecule has 0 spiro atoms. The van der Waals surface area contributed by atoms with Crippen molar-refractivity contribution in [2.75, 3.05) is 17.2 Å². The Hall–Kier alpha value is -3.30. The van der Waals surface area contributed by atoms with Crippen molar-refractivity contribution in [3.05, 3.63) is 47.5 Å². The summed E-state index contributed by atoms with van der Waals surface area (Å²) in [6, 6.07) is 7.44. The number of nitrogens with zero attached hydrogens (tertiary/aromatic N) is 3. The van der Waals surface area contributed by atoms with E-state index in [9.17, 15) is 9.90 Å². The fraction of sp³-hybridized carbons (Fsp3) is 0.481. The molecule has 1 saturated carbocycles. The average molecular weight is 493 g/mol. The molecule has 9 heteroatoms. The van der Waals surface area contributed by atoms with Gasteiger partial charge in [0.15, 0.2) is 0 Å². The molecule has 0 radical (unpaired) electrons. The normalized spacial score (nSPS) is 14.1. The van der Waals surface area contributed by atoms with Gasteiger partial charge in [-0.3, -0.25) is 4.79 Å². The lowest BCUT2D eigenvalue weighted by Gasteiger charge is -2.20. The number of aliphatic hydroxyl groups is 1. The minimum Gasteiger partial charge on any atom is -0.392 e. The average Bonchev–Trinajstić information content (AvgIpc) is 3.28. The molecule has 0 bridgehead atoms. The Morgan fingerprint density at radius 3 is 2.75 bits per heavy atom. The molecule has 0 atom stereocenters. The first kappa shape index (κ1) is 25.8. The lowest BCUT2D eigenvalue weighted by atomic mass is 9.84. The topological polar surface area (TPSA) is 139 Å². The SMILES string of the molecule is Cc1onc(C2CCCCC2)c1-c1nc(Nc2cccc(NC(=O)CCCCCN)c2)ncc1CO. The highest BCUT2D eigenvalue weighted by Gasteiger charge is 2.27. The smallest absolute Gasteiger partial charge is 0.227 e. The number of benzene rings is 1. The number of rotatable bonds is 11. The molecule has 2 aromatic heterocycles. The summed E-state index contributed by atoms with van der Waals surface area (Å²) >= 11 is 0. The molecule has 9 nitrogen and oxygen atoms in total. The zero-order valence-electron chi connectivity index (χ0n) is 20.9. The second kappa shape index (κ2) is 12.6. The molecule has 5 N–H and O–H groups in total. The number of amides is 1. The fourth-order valence-electron chi connectivity index (χ4n) is 4.77. The van der Waals surface area contributed by atoms with E-state index in [0.717, 1.165) is 49.0 Å². The highest BCUT2D eigenvalue weighted by atomic mass is 16.5. The summed E-state index contributed by atoms with van der Waals surface area (Å²) in [5.74, 6) is 1.39. The van der Waals surface area contributed by atoms with E-state index < -0.39 is 0 Å². The van der Waals surface area contributed by atoms with Crippen LogP contribution in [0.3, 0.4) is 0 Å². The van der Waals surface area contributed by atoms with Crippen LogP contribution in [0, 0.1) is 6.92 Å². The van der Waals surface area contributed by atoms with Gasteiger partial charge in [0.25, 0.3) is 0 Å². The minimum atomic E-state index is -0.183. The van der Waals surface area contributed by atoms with Crippen molar-refractivity contribution >= 4 is 23.2 Å². The van der Waals surface area contributed by atoms with Crippen LogP contribution in [0.5, 0.6) is 0 Å². The number of nitrogens with one attached hydrogen (secondary N) is 2. The predicted octanol–water partition coefficient (Wildman–Crippen LogP) is 5.18. The van der Waals surface area contributed by atoms with Gasteiger partial charge >= 0.3 is 0 Å². The van der Waals surface area contributed by atoms with E-state index in [1.807, 2.05) is 31.2 Å². The summed E-state index contributed by atoms with van der Waals surface area (Å²) in [6.07, 6.45) is 10.6. The van der Waals surface area contributed by atoms with Crippen molar-refractivity contribution in [1.82, 2.24) is 15.1 Å². The molecule has 1 amide bonds. The molecule has 0 saturated heterocycles. The molecule has 192 valence electrons. The molecule has 1 aromatic carbocycles.